The van der Waals surface area contributed by atoms with Crippen LogP contribution in [-0.4, -0.2) is 16.7 Å². The van der Waals surface area contributed by atoms with Crippen molar-refractivity contribution >= 4 is 27.5 Å². The Morgan fingerprint density at radius 1 is 1.32 bits per heavy atom. The van der Waals surface area contributed by atoms with Gasteiger partial charge in [-0.2, -0.15) is 0 Å². The maximum Gasteiger partial charge on any atom is 0.151 e. The van der Waals surface area contributed by atoms with Crippen LogP contribution < -0.4 is 10.5 Å². The van der Waals surface area contributed by atoms with Gasteiger partial charge in [0.2, 0.25) is 0 Å². The number of aliphatic hydroxyl groups excluding tert-OH is 1. The summed E-state index contributed by atoms with van der Waals surface area (Å²) in [6, 6.07) is 7.11. The minimum absolute atomic E-state index is 0.257. The van der Waals surface area contributed by atoms with Crippen LogP contribution in [0.25, 0.3) is 0 Å². The number of benzene rings is 1. The van der Waals surface area contributed by atoms with Crippen LogP contribution in [-0.2, 0) is 5.54 Å². The highest BCUT2D eigenvalue weighted by Gasteiger charge is 2.39. The number of halogens is 2. The molecule has 1 atom stereocenters. The van der Waals surface area contributed by atoms with Gasteiger partial charge < -0.3 is 15.6 Å². The summed E-state index contributed by atoms with van der Waals surface area (Å²) < 4.78 is 6.61. The van der Waals surface area contributed by atoms with E-state index in [4.69, 9.17) is 22.1 Å². The molecule has 19 heavy (non-hydrogen) atoms. The van der Waals surface area contributed by atoms with E-state index in [0.717, 1.165) is 4.47 Å². The molecule has 1 aromatic heterocycles. The summed E-state index contributed by atoms with van der Waals surface area (Å²) in [5, 5.41) is 10.1. The SMILES string of the molecule is N[C@]1(CO)c2cc(Br)ccc2Oc2cnc(Cl)cc21. The quantitative estimate of drug-likeness (QED) is 0.783. The van der Waals surface area contributed by atoms with E-state index >= 15 is 0 Å². The van der Waals surface area contributed by atoms with E-state index in [1.165, 1.54) is 6.20 Å². The van der Waals surface area contributed by atoms with E-state index in [-0.39, 0.29) is 6.61 Å². The molecule has 2 heterocycles. The van der Waals surface area contributed by atoms with Crippen LogP contribution in [0.15, 0.2) is 34.9 Å². The van der Waals surface area contributed by atoms with Gasteiger partial charge in [-0.25, -0.2) is 4.98 Å². The highest BCUT2D eigenvalue weighted by Crippen LogP contribution is 2.46. The molecule has 0 aliphatic carbocycles. The van der Waals surface area contributed by atoms with Gasteiger partial charge in [-0.3, -0.25) is 0 Å². The fourth-order valence-electron chi connectivity index (χ4n) is 2.22. The maximum absolute atomic E-state index is 9.77. The average molecular weight is 342 g/mol. The summed E-state index contributed by atoms with van der Waals surface area (Å²) >= 11 is 9.30. The smallest absolute Gasteiger partial charge is 0.151 e. The molecular formula is C13H10BrClN2O2. The van der Waals surface area contributed by atoms with Crippen molar-refractivity contribution in [2.24, 2.45) is 5.73 Å². The summed E-state index contributed by atoms with van der Waals surface area (Å²) in [5.74, 6) is 1.12. The molecule has 0 bridgehead atoms. The molecule has 1 aliphatic rings. The Labute approximate surface area is 123 Å². The fourth-order valence-corrected chi connectivity index (χ4v) is 2.74. The first-order chi connectivity index (χ1) is 9.04. The second-order valence-electron chi connectivity index (χ2n) is 4.38. The van der Waals surface area contributed by atoms with E-state index in [2.05, 4.69) is 20.9 Å². The third kappa shape index (κ3) is 1.94. The van der Waals surface area contributed by atoms with Crippen LogP contribution in [0.2, 0.25) is 5.15 Å². The summed E-state index contributed by atoms with van der Waals surface area (Å²) in [7, 11) is 0. The molecule has 1 aromatic carbocycles. The Hall–Kier alpha value is -1.14. The number of fused-ring (bicyclic) bond motifs is 2. The van der Waals surface area contributed by atoms with Gasteiger partial charge in [-0.05, 0) is 24.3 Å². The van der Waals surface area contributed by atoms with Gasteiger partial charge in [0.1, 0.15) is 10.9 Å². The van der Waals surface area contributed by atoms with Gasteiger partial charge in [0.15, 0.2) is 5.75 Å². The molecule has 3 rings (SSSR count). The summed E-state index contributed by atoms with van der Waals surface area (Å²) in [6.07, 6.45) is 1.51. The number of aliphatic hydroxyl groups is 1. The molecule has 3 N–H and O–H groups in total. The molecule has 1 aliphatic heterocycles. The van der Waals surface area contributed by atoms with Crippen molar-refractivity contribution in [3.05, 3.63) is 51.2 Å². The zero-order valence-electron chi connectivity index (χ0n) is 9.73. The lowest BCUT2D eigenvalue weighted by molar-refractivity contribution is 0.211. The van der Waals surface area contributed by atoms with Crippen molar-refractivity contribution in [1.82, 2.24) is 4.98 Å². The van der Waals surface area contributed by atoms with Gasteiger partial charge >= 0.3 is 0 Å². The van der Waals surface area contributed by atoms with Crippen molar-refractivity contribution in [3.63, 3.8) is 0 Å². The second-order valence-corrected chi connectivity index (χ2v) is 5.68. The molecule has 0 fully saturated rings. The number of aromatic nitrogens is 1. The Kier molecular flexibility index (Phi) is 3.02. The number of hydrogen-bond acceptors (Lipinski definition) is 4. The Bertz CT molecular complexity index is 612. The highest BCUT2D eigenvalue weighted by molar-refractivity contribution is 9.10. The minimum atomic E-state index is -1.06. The molecule has 0 saturated carbocycles. The number of rotatable bonds is 1. The van der Waals surface area contributed by atoms with E-state index in [0.29, 0.717) is 27.8 Å². The molecule has 6 heteroatoms. The Balaban J connectivity index is 2.29. The minimum Gasteiger partial charge on any atom is -0.455 e. The number of ether oxygens (including phenoxy) is 1. The number of pyridine rings is 1. The Morgan fingerprint density at radius 2 is 2.05 bits per heavy atom. The molecule has 98 valence electrons. The standard InChI is InChI=1S/C13H10BrClN2O2/c14-7-1-2-10-8(3-7)13(16,6-18)9-4-12(15)17-5-11(9)19-10/h1-5,18H,6,16H2/t13-/m1/s1. The third-order valence-corrected chi connectivity index (χ3v) is 3.91. The van der Waals surface area contributed by atoms with Crippen molar-refractivity contribution < 1.29 is 9.84 Å². The van der Waals surface area contributed by atoms with Gasteiger partial charge in [0.05, 0.1) is 18.3 Å². The van der Waals surface area contributed by atoms with Crippen LogP contribution in [0.5, 0.6) is 11.5 Å². The zero-order valence-corrected chi connectivity index (χ0v) is 12.1. The molecule has 2 aromatic rings. The summed E-state index contributed by atoms with van der Waals surface area (Å²) in [4.78, 5) is 3.98. The molecule has 0 amide bonds. The largest absolute Gasteiger partial charge is 0.455 e. The average Bonchev–Trinajstić information content (AvgIpc) is 2.41. The first-order valence-electron chi connectivity index (χ1n) is 5.58. The van der Waals surface area contributed by atoms with Crippen LogP contribution in [0.3, 0.4) is 0 Å². The first kappa shape index (κ1) is 12.9. The van der Waals surface area contributed by atoms with E-state index < -0.39 is 5.54 Å². The topological polar surface area (TPSA) is 68.4 Å². The highest BCUT2D eigenvalue weighted by atomic mass is 79.9. The lowest BCUT2D eigenvalue weighted by Crippen LogP contribution is -2.44. The van der Waals surface area contributed by atoms with Gasteiger partial charge in [0, 0.05) is 15.6 Å². The fraction of sp³-hybridized carbons (Fsp3) is 0.154. The first-order valence-corrected chi connectivity index (χ1v) is 6.75. The lowest BCUT2D eigenvalue weighted by atomic mass is 9.82. The van der Waals surface area contributed by atoms with E-state index in [9.17, 15) is 5.11 Å². The van der Waals surface area contributed by atoms with Crippen LogP contribution >= 0.6 is 27.5 Å². The van der Waals surface area contributed by atoms with Crippen molar-refractivity contribution in [2.45, 2.75) is 5.54 Å². The van der Waals surface area contributed by atoms with Crippen LogP contribution in [0.4, 0.5) is 0 Å². The molecule has 0 spiro atoms. The maximum atomic E-state index is 9.77. The molecule has 0 saturated heterocycles. The van der Waals surface area contributed by atoms with E-state index in [1.54, 1.807) is 12.1 Å². The van der Waals surface area contributed by atoms with Crippen molar-refractivity contribution in [2.75, 3.05) is 6.61 Å². The zero-order chi connectivity index (χ0) is 13.6. The second kappa shape index (κ2) is 4.45. The van der Waals surface area contributed by atoms with Gasteiger partial charge in [-0.1, -0.05) is 27.5 Å². The molecule has 0 unspecified atom stereocenters. The van der Waals surface area contributed by atoms with Gasteiger partial charge in [-0.15, -0.1) is 0 Å². The lowest BCUT2D eigenvalue weighted by Gasteiger charge is -2.35. The predicted octanol–water partition coefficient (Wildman–Crippen LogP) is 2.80. The predicted molar refractivity (Wildman–Crippen MR) is 75.5 cm³/mol. The number of hydrogen-bond donors (Lipinski definition) is 2. The summed E-state index contributed by atoms with van der Waals surface area (Å²) in [5.41, 5.74) is 6.66. The third-order valence-electron chi connectivity index (χ3n) is 3.21. The van der Waals surface area contributed by atoms with Crippen LogP contribution in [0.1, 0.15) is 11.1 Å². The Morgan fingerprint density at radius 3 is 2.79 bits per heavy atom. The molecule has 4 nitrogen and oxygen atoms in total. The molecular weight excluding hydrogens is 332 g/mol. The van der Waals surface area contributed by atoms with Crippen molar-refractivity contribution in [3.8, 4) is 11.5 Å². The van der Waals surface area contributed by atoms with Crippen molar-refractivity contribution in [1.29, 1.82) is 0 Å². The number of nitrogens with zero attached hydrogens (tertiary/aromatic N) is 1. The number of nitrogens with two attached hydrogens (primary N) is 1. The summed E-state index contributed by atoms with van der Waals surface area (Å²) in [6.45, 7) is -0.257. The van der Waals surface area contributed by atoms with Crippen LogP contribution in [0, 0.1) is 0 Å². The van der Waals surface area contributed by atoms with E-state index in [1.807, 2.05) is 12.1 Å². The molecule has 0 radical (unpaired) electrons. The van der Waals surface area contributed by atoms with Gasteiger partial charge in [0.25, 0.3) is 0 Å². The normalized spacial score (nSPS) is 20.4. The monoisotopic (exact) mass is 340 g/mol.